The van der Waals surface area contributed by atoms with E-state index in [1.807, 2.05) is 6.07 Å². The monoisotopic (exact) mass is 365 g/mol. The summed E-state index contributed by atoms with van der Waals surface area (Å²) in [5.74, 6) is 0. The summed E-state index contributed by atoms with van der Waals surface area (Å²) in [6, 6.07) is 16.5. The smallest absolute Gasteiger partial charge is 0.336 e. The van der Waals surface area contributed by atoms with E-state index in [4.69, 9.17) is 4.42 Å². The molecule has 0 aliphatic carbocycles. The maximum Gasteiger partial charge on any atom is 0.336 e. The third-order valence-corrected chi connectivity index (χ3v) is 5.15. The van der Waals surface area contributed by atoms with Crippen LogP contribution < -0.4 is 15.4 Å². The Balaban J connectivity index is 1.84. The van der Waals surface area contributed by atoms with Crippen LogP contribution in [-0.4, -0.2) is 20.6 Å². The van der Waals surface area contributed by atoms with Gasteiger partial charge in [0, 0.05) is 42.4 Å². The molecule has 3 rings (SSSR count). The van der Waals surface area contributed by atoms with Gasteiger partial charge in [0.2, 0.25) is 0 Å². The van der Waals surface area contributed by atoms with E-state index < -0.39 is 0 Å². The molecule has 2 aromatic carbocycles. The Morgan fingerprint density at radius 2 is 1.63 bits per heavy atom. The number of hydrogen-bond acceptors (Lipinski definition) is 3. The molecule has 1 unspecified atom stereocenters. The number of benzene rings is 2. The van der Waals surface area contributed by atoms with Gasteiger partial charge in [-0.15, -0.1) is 0 Å². The highest BCUT2D eigenvalue weighted by Crippen LogP contribution is 2.19. The number of nitrogens with zero attached hydrogens (tertiary/aromatic N) is 1. The van der Waals surface area contributed by atoms with Gasteiger partial charge in [0.15, 0.2) is 0 Å². The Bertz CT molecular complexity index is 958. The summed E-state index contributed by atoms with van der Waals surface area (Å²) in [5, 5.41) is 1.04. The van der Waals surface area contributed by atoms with Crippen LogP contribution in [0.5, 0.6) is 0 Å². The molecule has 0 saturated heterocycles. The molecule has 1 N–H and O–H groups in total. The number of nitrogens with one attached hydrogen (secondary N) is 1. The van der Waals surface area contributed by atoms with Crippen molar-refractivity contribution in [3.63, 3.8) is 0 Å². The maximum absolute atomic E-state index is 12.1. The number of aryl methyl sites for hydroxylation is 1. The van der Waals surface area contributed by atoms with E-state index in [0.717, 1.165) is 37.0 Å². The van der Waals surface area contributed by atoms with Gasteiger partial charge in [0.1, 0.15) is 18.7 Å². The quantitative estimate of drug-likeness (QED) is 0.654. The van der Waals surface area contributed by atoms with Crippen LogP contribution in [0.25, 0.3) is 11.0 Å². The van der Waals surface area contributed by atoms with Crippen molar-refractivity contribution in [2.75, 3.05) is 25.5 Å². The molecule has 0 aliphatic heterocycles. The minimum absolute atomic E-state index is 0.267. The van der Waals surface area contributed by atoms with E-state index in [-0.39, 0.29) is 5.63 Å². The van der Waals surface area contributed by atoms with Crippen LogP contribution in [0.2, 0.25) is 0 Å². The van der Waals surface area contributed by atoms with Crippen molar-refractivity contribution < 1.29 is 9.32 Å². The zero-order valence-electron chi connectivity index (χ0n) is 16.7. The summed E-state index contributed by atoms with van der Waals surface area (Å²) < 4.78 is 5.44. The van der Waals surface area contributed by atoms with Crippen molar-refractivity contribution in [2.24, 2.45) is 0 Å². The number of rotatable bonds is 7. The second-order valence-electron chi connectivity index (χ2n) is 7.29. The van der Waals surface area contributed by atoms with Crippen LogP contribution in [0, 0.1) is 0 Å². The average molecular weight is 365 g/mol. The van der Waals surface area contributed by atoms with Gasteiger partial charge in [-0.1, -0.05) is 31.2 Å². The Labute approximate surface area is 161 Å². The van der Waals surface area contributed by atoms with Crippen LogP contribution in [0.15, 0.2) is 57.7 Å². The molecule has 0 radical (unpaired) electrons. The first-order valence-electron chi connectivity index (χ1n) is 9.65. The molecule has 1 aromatic heterocycles. The van der Waals surface area contributed by atoms with Crippen molar-refractivity contribution in [2.45, 2.75) is 33.4 Å². The van der Waals surface area contributed by atoms with Gasteiger partial charge < -0.3 is 14.2 Å². The third-order valence-electron chi connectivity index (χ3n) is 5.15. The summed E-state index contributed by atoms with van der Waals surface area (Å²) in [7, 11) is 4.10. The molecule has 0 aliphatic rings. The molecule has 1 atom stereocenters. The fraction of sp³-hybridized carbons (Fsp3) is 0.348. The van der Waals surface area contributed by atoms with Crippen molar-refractivity contribution in [3.05, 3.63) is 75.6 Å². The zero-order valence-corrected chi connectivity index (χ0v) is 16.7. The lowest BCUT2D eigenvalue weighted by atomic mass is 10.1. The molecule has 3 aromatic rings. The molecular weight excluding hydrogens is 336 g/mol. The molecule has 142 valence electrons. The molecule has 0 amide bonds. The highest BCUT2D eigenvalue weighted by atomic mass is 16.4. The zero-order chi connectivity index (χ0) is 19.4. The van der Waals surface area contributed by atoms with Gasteiger partial charge >= 0.3 is 5.63 Å². The van der Waals surface area contributed by atoms with E-state index in [0.29, 0.717) is 5.58 Å². The first-order valence-corrected chi connectivity index (χ1v) is 9.65. The van der Waals surface area contributed by atoms with Crippen molar-refractivity contribution in [3.8, 4) is 0 Å². The summed E-state index contributed by atoms with van der Waals surface area (Å²) in [6.07, 6.45) is 0.930. The van der Waals surface area contributed by atoms with Crippen LogP contribution in [0.1, 0.15) is 30.5 Å². The van der Waals surface area contributed by atoms with E-state index in [2.05, 4.69) is 69.2 Å². The minimum Gasteiger partial charge on any atom is -0.423 e. The molecular formula is C23H29N2O2+. The van der Waals surface area contributed by atoms with Gasteiger partial charge in [-0.2, -0.15) is 0 Å². The van der Waals surface area contributed by atoms with Gasteiger partial charge in [-0.3, -0.25) is 0 Å². The minimum atomic E-state index is -0.267. The van der Waals surface area contributed by atoms with Crippen LogP contribution in [0.3, 0.4) is 0 Å². The predicted octanol–water partition coefficient (Wildman–Crippen LogP) is 3.03. The first-order chi connectivity index (χ1) is 13.0. The first kappa shape index (κ1) is 19.2. The van der Waals surface area contributed by atoms with Crippen molar-refractivity contribution in [1.82, 2.24) is 0 Å². The second kappa shape index (κ2) is 8.40. The van der Waals surface area contributed by atoms with E-state index >= 15 is 0 Å². The SMILES string of the molecule is CCc1ccc2c(C[NH+](CC)Cc3ccc(N(C)C)cc3)cc(=O)oc2c1. The molecule has 27 heavy (non-hydrogen) atoms. The highest BCUT2D eigenvalue weighted by molar-refractivity contribution is 5.80. The lowest BCUT2D eigenvalue weighted by Gasteiger charge is -2.19. The van der Waals surface area contributed by atoms with Crippen molar-refractivity contribution >= 4 is 16.7 Å². The van der Waals surface area contributed by atoms with E-state index in [9.17, 15) is 4.79 Å². The molecule has 0 fully saturated rings. The molecule has 4 nitrogen and oxygen atoms in total. The van der Waals surface area contributed by atoms with Crippen LogP contribution in [-0.2, 0) is 19.5 Å². The molecule has 0 spiro atoms. The normalized spacial score (nSPS) is 12.3. The number of quaternary nitrogens is 1. The number of anilines is 1. The third kappa shape index (κ3) is 4.58. The fourth-order valence-electron chi connectivity index (χ4n) is 3.42. The Kier molecular flexibility index (Phi) is 5.97. The topological polar surface area (TPSA) is 37.9 Å². The number of hydrogen-bond donors (Lipinski definition) is 1. The van der Waals surface area contributed by atoms with Crippen molar-refractivity contribution in [1.29, 1.82) is 0 Å². The largest absolute Gasteiger partial charge is 0.423 e. The second-order valence-corrected chi connectivity index (χ2v) is 7.29. The summed E-state index contributed by atoms with van der Waals surface area (Å²) in [4.78, 5) is 15.6. The van der Waals surface area contributed by atoms with Crippen LogP contribution in [0.4, 0.5) is 5.69 Å². The van der Waals surface area contributed by atoms with Gasteiger partial charge in [-0.05, 0) is 37.1 Å². The lowest BCUT2D eigenvalue weighted by Crippen LogP contribution is -3.09. The van der Waals surface area contributed by atoms with E-state index in [1.165, 1.54) is 21.7 Å². The summed E-state index contributed by atoms with van der Waals surface area (Å²) in [5.41, 5.74) is 5.18. The Morgan fingerprint density at radius 3 is 2.26 bits per heavy atom. The van der Waals surface area contributed by atoms with Gasteiger partial charge in [-0.25, -0.2) is 4.79 Å². The number of fused-ring (bicyclic) bond motifs is 1. The van der Waals surface area contributed by atoms with Crippen LogP contribution >= 0.6 is 0 Å². The molecule has 1 heterocycles. The predicted molar refractivity (Wildman–Crippen MR) is 112 cm³/mol. The Hall–Kier alpha value is -2.59. The highest BCUT2D eigenvalue weighted by Gasteiger charge is 2.14. The molecule has 0 saturated carbocycles. The standard InChI is InChI=1S/C23H28N2O2/c1-5-17-9-12-21-19(14-23(26)27-22(21)13-17)16-25(6-2)15-18-7-10-20(11-8-18)24(3)4/h7-14H,5-6,15-16H2,1-4H3/p+1. The van der Waals surface area contributed by atoms with Gasteiger partial charge in [0.25, 0.3) is 0 Å². The molecule has 0 bridgehead atoms. The van der Waals surface area contributed by atoms with E-state index in [1.54, 1.807) is 6.07 Å². The Morgan fingerprint density at radius 1 is 0.926 bits per heavy atom. The maximum atomic E-state index is 12.1. The fourth-order valence-corrected chi connectivity index (χ4v) is 3.42. The lowest BCUT2D eigenvalue weighted by molar-refractivity contribution is -0.925. The average Bonchev–Trinajstić information content (AvgIpc) is 2.67. The van der Waals surface area contributed by atoms with Gasteiger partial charge in [0.05, 0.1) is 6.54 Å². The molecule has 4 heteroatoms. The summed E-state index contributed by atoms with van der Waals surface area (Å²) >= 11 is 0. The summed E-state index contributed by atoms with van der Waals surface area (Å²) in [6.45, 7) is 7.02.